The van der Waals surface area contributed by atoms with E-state index in [0.717, 1.165) is 0 Å². The average molecular weight is 1280 g/mol. The molecule has 0 saturated carbocycles. The van der Waals surface area contributed by atoms with Crippen LogP contribution in [0.25, 0.3) is 0 Å². The lowest BCUT2D eigenvalue weighted by molar-refractivity contribution is -0.474. The number of phosphoric acid groups is 1. The van der Waals surface area contributed by atoms with Crippen LogP contribution in [-0.2, 0) is 13.6 Å². The Morgan fingerprint density at radius 3 is 0.571 bits per heavy atom. The fourth-order valence-corrected chi connectivity index (χ4v) is 4.83. The second-order valence-electron chi connectivity index (χ2n) is 15.4. The molecule has 0 atom stereocenters. The van der Waals surface area contributed by atoms with E-state index in [9.17, 15) is 189 Å². The fraction of sp³-hybridized carbons (Fsp3) is 1.00. The minimum atomic E-state index is -9.67. The second kappa shape index (κ2) is 20.5. The molecule has 0 aliphatic heterocycles. The van der Waals surface area contributed by atoms with Crippen molar-refractivity contribution in [2.24, 2.45) is 5.73 Å². The second-order valence-corrected chi connectivity index (χ2v) is 16.8. The third kappa shape index (κ3) is 11.6. The lowest BCUT2D eigenvalue weighted by Crippen LogP contribution is -2.76. The molecule has 0 aromatic rings. The summed E-state index contributed by atoms with van der Waals surface area (Å²) in [5.74, 6) is -164. The standard InChI is InChI=1S/C24H9F42O4P.C4H11NO/c25-5(26,7(29,30)9(33,34)11(37,38)13(41,42)15(45,46)17(49,50)19(53,54)21(57,58)23(61,62)63)1-3-69-71(67,68)70-4-2-6(27,28)8(31,32)10(35,36)12(39,40)14(43,44)16(47,48)18(51,52)20(55,56)22(59,60)24(64,65)66;1-4(2,5)3-6/h1-4H2,(H,67,68);6H,3,5H2,1-2H3. The summed E-state index contributed by atoms with van der Waals surface area (Å²) in [6, 6.07) is 0. The first kappa shape index (κ1) is 76.2. The van der Waals surface area contributed by atoms with E-state index in [1.807, 2.05) is 0 Å². The maximum absolute atomic E-state index is 14.0. The van der Waals surface area contributed by atoms with Gasteiger partial charge in [0.05, 0.1) is 19.8 Å². The SMILES string of the molecule is CC(C)(N)CO.O=P(O)(OCCC(F)(F)C(F)(F)C(F)(F)C(F)(F)C(F)(F)C(F)(F)C(F)(F)C(F)(F)C(F)(F)C(F)(F)F)OCCC(F)(F)C(F)(F)C(F)(F)C(F)(F)C(F)(F)C(F)(F)C(F)(F)C(F)(F)C(F)(F)C(F)(F)F. The van der Waals surface area contributed by atoms with Crippen LogP contribution in [0.4, 0.5) is 184 Å². The third-order valence-electron chi connectivity index (χ3n) is 8.90. The van der Waals surface area contributed by atoms with E-state index in [2.05, 4.69) is 9.05 Å². The Morgan fingerprint density at radius 1 is 0.312 bits per heavy atom. The Balaban J connectivity index is 0. The predicted octanol–water partition coefficient (Wildman–Crippen LogP) is 14.2. The molecule has 0 rings (SSSR count). The lowest BCUT2D eigenvalue weighted by Gasteiger charge is -2.44. The summed E-state index contributed by atoms with van der Waals surface area (Å²) in [5.41, 5.74) is 4.88. The average Bonchev–Trinajstić information content (AvgIpc) is 3.18. The summed E-state index contributed by atoms with van der Waals surface area (Å²) in [7, 11) is -7.19. The summed E-state index contributed by atoms with van der Waals surface area (Å²) in [5, 5.41) is 8.28. The summed E-state index contributed by atoms with van der Waals surface area (Å²) in [4.78, 5) is 9.02. The highest BCUT2D eigenvalue weighted by Gasteiger charge is 3.00. The quantitative estimate of drug-likeness (QED) is 0.0622. The fourth-order valence-electron chi connectivity index (χ4n) is 4.11. The predicted molar refractivity (Wildman–Crippen MR) is 157 cm³/mol. The van der Waals surface area contributed by atoms with Gasteiger partial charge in [-0.2, -0.15) is 184 Å². The molecule has 0 saturated heterocycles. The van der Waals surface area contributed by atoms with Gasteiger partial charge in [0.15, 0.2) is 0 Å². The minimum Gasteiger partial charge on any atom is -0.394 e. The molecule has 0 amide bonds. The first-order valence-electron chi connectivity index (χ1n) is 17.4. The van der Waals surface area contributed by atoms with E-state index >= 15 is 0 Å². The van der Waals surface area contributed by atoms with Crippen molar-refractivity contribution >= 4 is 7.82 Å². The number of alkyl halides is 42. The minimum absolute atomic E-state index is 0.0486. The molecule has 4 N–H and O–H groups in total. The highest BCUT2D eigenvalue weighted by atomic mass is 31.2. The summed E-state index contributed by atoms with van der Waals surface area (Å²) in [6.07, 6.45) is -24.6. The Bertz CT molecular complexity index is 1920. The van der Waals surface area contributed by atoms with E-state index in [1.54, 1.807) is 13.8 Å². The van der Waals surface area contributed by atoms with Crippen LogP contribution >= 0.6 is 7.82 Å². The van der Waals surface area contributed by atoms with Gasteiger partial charge in [0, 0.05) is 18.4 Å². The molecule has 49 heteroatoms. The molecule has 77 heavy (non-hydrogen) atoms. The zero-order valence-electron chi connectivity index (χ0n) is 35.1. The van der Waals surface area contributed by atoms with Gasteiger partial charge < -0.3 is 15.7 Å². The van der Waals surface area contributed by atoms with Crippen molar-refractivity contribution in [2.45, 2.75) is 151 Å². The van der Waals surface area contributed by atoms with Crippen molar-refractivity contribution in [1.29, 1.82) is 0 Å². The van der Waals surface area contributed by atoms with E-state index < -0.39 is 158 Å². The number of aliphatic hydroxyl groups is 1. The molecule has 0 aliphatic carbocycles. The van der Waals surface area contributed by atoms with Crippen LogP contribution < -0.4 is 5.73 Å². The number of hydrogen-bond acceptors (Lipinski definition) is 5. The summed E-state index contributed by atoms with van der Waals surface area (Å²) in [6.45, 7) is -3.10. The normalized spacial score (nSPS) is 16.7. The van der Waals surface area contributed by atoms with Gasteiger partial charge in [0.25, 0.3) is 0 Å². The van der Waals surface area contributed by atoms with Gasteiger partial charge in [-0.1, -0.05) is 0 Å². The molecule has 6 nitrogen and oxygen atoms in total. The molecule has 466 valence electrons. The largest absolute Gasteiger partial charge is 0.472 e. The van der Waals surface area contributed by atoms with E-state index in [0.29, 0.717) is 0 Å². The van der Waals surface area contributed by atoms with Gasteiger partial charge >= 0.3 is 127 Å². The molecule has 0 unspecified atom stereocenters. The maximum atomic E-state index is 14.0. The van der Waals surface area contributed by atoms with Crippen molar-refractivity contribution in [3.05, 3.63) is 0 Å². The highest BCUT2D eigenvalue weighted by Crippen LogP contribution is 2.69. The van der Waals surface area contributed by atoms with Crippen LogP contribution in [0.15, 0.2) is 0 Å². The Labute approximate surface area is 393 Å². The number of aliphatic hydroxyl groups excluding tert-OH is 1. The molecule has 0 spiro atoms. The molecule has 0 aromatic heterocycles. The molecular weight excluding hydrogens is 1260 g/mol. The number of nitrogens with two attached hydrogens (primary N) is 1. The first-order chi connectivity index (χ1) is 32.5. The van der Waals surface area contributed by atoms with Crippen LogP contribution in [0, 0.1) is 0 Å². The van der Waals surface area contributed by atoms with E-state index in [-0.39, 0.29) is 6.61 Å². The topological polar surface area (TPSA) is 102 Å². The van der Waals surface area contributed by atoms with Crippen LogP contribution in [-0.4, -0.2) is 154 Å². The Hall–Kier alpha value is -2.91. The molecule has 0 aliphatic rings. The Kier molecular flexibility index (Phi) is 20.3. The van der Waals surface area contributed by atoms with Gasteiger partial charge in [0.1, 0.15) is 0 Å². The first-order valence-corrected chi connectivity index (χ1v) is 18.9. The molecule has 0 radical (unpaired) electrons. The van der Waals surface area contributed by atoms with E-state index in [1.165, 1.54) is 0 Å². The summed E-state index contributed by atoms with van der Waals surface area (Å²) >= 11 is 0. The molecule has 0 bridgehead atoms. The highest BCUT2D eigenvalue weighted by molar-refractivity contribution is 7.47. The van der Waals surface area contributed by atoms with Crippen molar-refractivity contribution in [3.63, 3.8) is 0 Å². The zero-order chi connectivity index (χ0) is 63.9. The van der Waals surface area contributed by atoms with Crippen LogP contribution in [0.3, 0.4) is 0 Å². The van der Waals surface area contributed by atoms with Crippen LogP contribution in [0.2, 0.25) is 0 Å². The molecule has 0 aromatic carbocycles. The van der Waals surface area contributed by atoms with Crippen molar-refractivity contribution in [2.75, 3.05) is 19.8 Å². The number of rotatable bonds is 25. The summed E-state index contributed by atoms with van der Waals surface area (Å²) < 4.78 is 582. The smallest absolute Gasteiger partial charge is 0.394 e. The van der Waals surface area contributed by atoms with Crippen molar-refractivity contribution in [1.82, 2.24) is 0 Å². The van der Waals surface area contributed by atoms with E-state index in [4.69, 9.17) is 15.7 Å². The lowest BCUT2D eigenvalue weighted by atomic mass is 9.86. The number of halogens is 42. The van der Waals surface area contributed by atoms with Crippen LogP contribution in [0.1, 0.15) is 26.7 Å². The number of hydrogen-bond donors (Lipinski definition) is 3. The molecular formula is C28H20F42NO5P. The van der Waals surface area contributed by atoms with Gasteiger partial charge in [-0.05, 0) is 13.8 Å². The number of phosphoric ester groups is 1. The van der Waals surface area contributed by atoms with Gasteiger partial charge in [-0.3, -0.25) is 9.05 Å². The zero-order valence-corrected chi connectivity index (χ0v) is 35.9. The van der Waals surface area contributed by atoms with Gasteiger partial charge in [-0.15, -0.1) is 0 Å². The van der Waals surface area contributed by atoms with Gasteiger partial charge in [0.2, 0.25) is 0 Å². The van der Waals surface area contributed by atoms with Crippen molar-refractivity contribution < 1.29 is 208 Å². The molecule has 0 heterocycles. The monoisotopic (exact) mass is 1280 g/mol. The Morgan fingerprint density at radius 2 is 0.442 bits per heavy atom. The van der Waals surface area contributed by atoms with Crippen molar-refractivity contribution in [3.8, 4) is 0 Å². The van der Waals surface area contributed by atoms with Crippen LogP contribution in [0.5, 0.6) is 0 Å². The third-order valence-corrected chi connectivity index (χ3v) is 9.92. The molecule has 0 fully saturated rings. The van der Waals surface area contributed by atoms with Gasteiger partial charge in [-0.25, -0.2) is 4.57 Å². The maximum Gasteiger partial charge on any atom is 0.472 e.